The molecule has 0 radical (unpaired) electrons. The van der Waals surface area contributed by atoms with Crippen molar-refractivity contribution in [2.45, 2.75) is 19.4 Å². The molecule has 0 aliphatic heterocycles. The summed E-state index contributed by atoms with van der Waals surface area (Å²) >= 11 is 0. The molecule has 2 rings (SSSR count). The van der Waals surface area contributed by atoms with Crippen LogP contribution in [0.15, 0.2) is 16.7 Å². The molecule has 0 fully saturated rings. The Hall–Kier alpha value is -2.28. The molecule has 0 spiro atoms. The zero-order chi connectivity index (χ0) is 16.1. The third-order valence-electron chi connectivity index (χ3n) is 3.36. The maximum absolute atomic E-state index is 5.33. The van der Waals surface area contributed by atoms with E-state index in [1.54, 1.807) is 33.5 Å². The first-order valence-corrected chi connectivity index (χ1v) is 6.93. The number of hydrogen-bond donors (Lipinski definition) is 1. The lowest BCUT2D eigenvalue weighted by molar-refractivity contribution is 0.324. The molecule has 0 aliphatic carbocycles. The van der Waals surface area contributed by atoms with Crippen molar-refractivity contribution in [3.63, 3.8) is 0 Å². The molecular formula is C15H21N3O4. The van der Waals surface area contributed by atoms with E-state index in [-0.39, 0.29) is 6.04 Å². The average molecular weight is 307 g/mol. The maximum Gasteiger partial charge on any atom is 0.258 e. The summed E-state index contributed by atoms with van der Waals surface area (Å²) in [5.74, 6) is 2.67. The van der Waals surface area contributed by atoms with Crippen molar-refractivity contribution < 1.29 is 18.7 Å². The molecule has 0 saturated heterocycles. The lowest BCUT2D eigenvalue weighted by Gasteiger charge is -2.12. The molecule has 0 amide bonds. The number of benzene rings is 1. The normalized spacial score (nSPS) is 12.0. The highest BCUT2D eigenvalue weighted by Crippen LogP contribution is 2.40. The van der Waals surface area contributed by atoms with Crippen molar-refractivity contribution in [3.05, 3.63) is 18.0 Å². The molecule has 1 N–H and O–H groups in total. The van der Waals surface area contributed by atoms with Gasteiger partial charge in [0.05, 0.1) is 21.3 Å². The molecule has 2 aromatic rings. The highest BCUT2D eigenvalue weighted by molar-refractivity contribution is 5.65. The molecule has 1 heterocycles. The van der Waals surface area contributed by atoms with Gasteiger partial charge in [0.1, 0.15) is 0 Å². The molecule has 7 nitrogen and oxygen atoms in total. The van der Waals surface area contributed by atoms with Crippen LogP contribution in [0.1, 0.15) is 12.7 Å². The second kappa shape index (κ2) is 7.13. The van der Waals surface area contributed by atoms with Gasteiger partial charge in [0.15, 0.2) is 17.3 Å². The smallest absolute Gasteiger partial charge is 0.258 e. The Kier molecular flexibility index (Phi) is 5.21. The van der Waals surface area contributed by atoms with Crippen molar-refractivity contribution in [1.29, 1.82) is 0 Å². The average Bonchev–Trinajstić information content (AvgIpc) is 3.01. The number of nitrogens with zero attached hydrogens (tertiary/aromatic N) is 2. The van der Waals surface area contributed by atoms with Gasteiger partial charge in [-0.3, -0.25) is 0 Å². The van der Waals surface area contributed by atoms with E-state index in [0.717, 1.165) is 0 Å². The number of hydrogen-bond acceptors (Lipinski definition) is 7. The van der Waals surface area contributed by atoms with Crippen molar-refractivity contribution in [2.24, 2.45) is 0 Å². The summed E-state index contributed by atoms with van der Waals surface area (Å²) in [5, 5.41) is 7.13. The number of nitrogens with one attached hydrogen (secondary N) is 1. The second-order valence-electron chi connectivity index (χ2n) is 4.82. The summed E-state index contributed by atoms with van der Waals surface area (Å²) < 4.78 is 21.3. The monoisotopic (exact) mass is 307 g/mol. The van der Waals surface area contributed by atoms with Gasteiger partial charge in [-0.25, -0.2) is 0 Å². The zero-order valence-corrected chi connectivity index (χ0v) is 13.5. The van der Waals surface area contributed by atoms with Gasteiger partial charge in [-0.15, -0.1) is 0 Å². The third kappa shape index (κ3) is 3.30. The van der Waals surface area contributed by atoms with E-state index >= 15 is 0 Å². The van der Waals surface area contributed by atoms with E-state index in [2.05, 4.69) is 22.4 Å². The van der Waals surface area contributed by atoms with Gasteiger partial charge in [0.2, 0.25) is 5.75 Å². The van der Waals surface area contributed by atoms with E-state index < -0.39 is 0 Å². The molecular weight excluding hydrogens is 286 g/mol. The van der Waals surface area contributed by atoms with Crippen molar-refractivity contribution in [3.8, 4) is 28.7 Å². The fraction of sp³-hybridized carbons (Fsp3) is 0.467. The van der Waals surface area contributed by atoms with Crippen LogP contribution in [0.3, 0.4) is 0 Å². The number of likely N-dealkylation sites (N-methyl/N-ethyl adjacent to an activating group) is 1. The van der Waals surface area contributed by atoms with Crippen LogP contribution in [0.4, 0.5) is 0 Å². The Labute approximate surface area is 129 Å². The fourth-order valence-corrected chi connectivity index (χ4v) is 2.03. The van der Waals surface area contributed by atoms with Crippen LogP contribution in [0.2, 0.25) is 0 Å². The number of aromatic nitrogens is 2. The standard InChI is InChI=1S/C15H21N3O4/c1-9(16-2)6-13-17-15(22-18-13)10-7-11(19-3)14(21-5)12(8-10)20-4/h7-9,16H,6H2,1-5H3. The quantitative estimate of drug-likeness (QED) is 0.837. The van der Waals surface area contributed by atoms with Crippen molar-refractivity contribution in [2.75, 3.05) is 28.4 Å². The number of rotatable bonds is 7. The molecule has 1 aromatic heterocycles. The first-order chi connectivity index (χ1) is 10.6. The summed E-state index contributed by atoms with van der Waals surface area (Å²) in [6.07, 6.45) is 0.685. The summed E-state index contributed by atoms with van der Waals surface area (Å²) in [7, 11) is 6.58. The Morgan fingerprint density at radius 3 is 2.27 bits per heavy atom. The third-order valence-corrected chi connectivity index (χ3v) is 3.36. The van der Waals surface area contributed by atoms with E-state index in [4.69, 9.17) is 18.7 Å². The van der Waals surface area contributed by atoms with Gasteiger partial charge in [0.25, 0.3) is 5.89 Å². The lowest BCUT2D eigenvalue weighted by atomic mass is 10.1. The van der Waals surface area contributed by atoms with Crippen molar-refractivity contribution in [1.82, 2.24) is 15.5 Å². The van der Waals surface area contributed by atoms with Crippen LogP contribution in [-0.2, 0) is 6.42 Å². The van der Waals surface area contributed by atoms with E-state index in [1.165, 1.54) is 0 Å². The predicted octanol–water partition coefficient (Wildman–Crippen LogP) is 1.91. The SMILES string of the molecule is CNC(C)Cc1noc(-c2cc(OC)c(OC)c(OC)c2)n1. The van der Waals surface area contributed by atoms with Crippen molar-refractivity contribution >= 4 is 0 Å². The Morgan fingerprint density at radius 1 is 1.14 bits per heavy atom. The van der Waals surface area contributed by atoms with Gasteiger partial charge < -0.3 is 24.1 Å². The topological polar surface area (TPSA) is 78.6 Å². The Bertz CT molecular complexity index is 602. The first kappa shape index (κ1) is 16.1. The number of methoxy groups -OCH3 is 3. The molecule has 1 atom stereocenters. The minimum atomic E-state index is 0.269. The molecule has 7 heteroatoms. The molecule has 0 aliphatic rings. The fourth-order valence-electron chi connectivity index (χ4n) is 2.03. The Balaban J connectivity index is 2.36. The zero-order valence-electron chi connectivity index (χ0n) is 13.5. The van der Waals surface area contributed by atoms with Gasteiger partial charge >= 0.3 is 0 Å². The van der Waals surface area contributed by atoms with Crippen LogP contribution in [0.5, 0.6) is 17.2 Å². The molecule has 120 valence electrons. The van der Waals surface area contributed by atoms with E-state index in [1.807, 2.05) is 7.05 Å². The lowest BCUT2D eigenvalue weighted by Crippen LogP contribution is -2.24. The van der Waals surface area contributed by atoms with Crippen LogP contribution < -0.4 is 19.5 Å². The summed E-state index contributed by atoms with van der Waals surface area (Å²) in [6, 6.07) is 3.82. The van der Waals surface area contributed by atoms with Gasteiger partial charge in [0, 0.05) is 18.0 Å². The highest BCUT2D eigenvalue weighted by Gasteiger charge is 2.18. The van der Waals surface area contributed by atoms with Crippen LogP contribution in [-0.4, -0.2) is 44.6 Å². The molecule has 0 bridgehead atoms. The van der Waals surface area contributed by atoms with E-state index in [0.29, 0.717) is 40.9 Å². The van der Waals surface area contributed by atoms with Gasteiger partial charge in [-0.1, -0.05) is 5.16 Å². The molecule has 1 unspecified atom stereocenters. The van der Waals surface area contributed by atoms with Crippen LogP contribution in [0.25, 0.3) is 11.5 Å². The predicted molar refractivity (Wildman–Crippen MR) is 81.6 cm³/mol. The largest absolute Gasteiger partial charge is 0.493 e. The molecule has 22 heavy (non-hydrogen) atoms. The number of ether oxygens (including phenoxy) is 3. The minimum Gasteiger partial charge on any atom is -0.493 e. The van der Waals surface area contributed by atoms with Crippen LogP contribution >= 0.6 is 0 Å². The van der Waals surface area contributed by atoms with Gasteiger partial charge in [-0.2, -0.15) is 4.98 Å². The van der Waals surface area contributed by atoms with Crippen LogP contribution in [0, 0.1) is 0 Å². The molecule has 1 aromatic carbocycles. The first-order valence-electron chi connectivity index (χ1n) is 6.93. The maximum atomic E-state index is 5.33. The highest BCUT2D eigenvalue weighted by atomic mass is 16.5. The summed E-state index contributed by atoms with van der Waals surface area (Å²) in [5.41, 5.74) is 0.713. The second-order valence-corrected chi connectivity index (χ2v) is 4.82. The summed E-state index contributed by atoms with van der Waals surface area (Å²) in [4.78, 5) is 4.41. The van der Waals surface area contributed by atoms with E-state index in [9.17, 15) is 0 Å². The molecule has 0 saturated carbocycles. The minimum absolute atomic E-state index is 0.269. The van der Waals surface area contributed by atoms with Gasteiger partial charge in [-0.05, 0) is 26.1 Å². The summed E-state index contributed by atoms with van der Waals surface area (Å²) in [6.45, 7) is 2.05. The Morgan fingerprint density at radius 2 is 1.77 bits per heavy atom.